The van der Waals surface area contributed by atoms with E-state index < -0.39 is 41.3 Å². The number of aromatic carboxylic acids is 1. The lowest BCUT2D eigenvalue weighted by Crippen LogP contribution is -2.33. The quantitative estimate of drug-likeness (QED) is 0.319. The summed E-state index contributed by atoms with van der Waals surface area (Å²) < 4.78 is 22.3. The van der Waals surface area contributed by atoms with Crippen LogP contribution in [0.1, 0.15) is 74.2 Å². The van der Waals surface area contributed by atoms with Gasteiger partial charge in [-0.15, -0.1) is 0 Å². The van der Waals surface area contributed by atoms with Crippen molar-refractivity contribution in [2.24, 2.45) is 0 Å². The van der Waals surface area contributed by atoms with E-state index in [1.807, 2.05) is 12.1 Å². The van der Waals surface area contributed by atoms with Crippen molar-refractivity contribution in [3.63, 3.8) is 0 Å². The number of hydrogen-bond acceptors (Lipinski definition) is 10. The summed E-state index contributed by atoms with van der Waals surface area (Å²) in [6.45, 7) is 3.36. The minimum atomic E-state index is -1.68. The minimum absolute atomic E-state index is 0.0664. The summed E-state index contributed by atoms with van der Waals surface area (Å²) in [5.74, 6) is -5.82. The molecule has 210 valence electrons. The molecular weight excluding hydrogens is 544 g/mol. The molecule has 0 aliphatic carbocycles. The molecule has 2 aliphatic rings. The molecule has 0 amide bonds. The van der Waals surface area contributed by atoms with Gasteiger partial charge >= 0.3 is 23.9 Å². The van der Waals surface area contributed by atoms with Gasteiger partial charge in [0.2, 0.25) is 0 Å². The first-order valence-electron chi connectivity index (χ1n) is 12.9. The van der Waals surface area contributed by atoms with Crippen LogP contribution in [-0.2, 0) is 29.4 Å². The average Bonchev–Trinajstić information content (AvgIpc) is 3.26. The first-order valence-corrected chi connectivity index (χ1v) is 12.9. The third-order valence-electron chi connectivity index (χ3n) is 7.07. The van der Waals surface area contributed by atoms with E-state index in [2.05, 4.69) is 0 Å². The molecule has 42 heavy (non-hydrogen) atoms. The highest BCUT2D eigenvalue weighted by Crippen LogP contribution is 2.57. The normalized spacial score (nSPS) is 17.2. The fourth-order valence-electron chi connectivity index (χ4n) is 5.22. The molecule has 0 bridgehead atoms. The van der Waals surface area contributed by atoms with Gasteiger partial charge in [-0.1, -0.05) is 24.3 Å². The van der Waals surface area contributed by atoms with Crippen LogP contribution in [0.15, 0.2) is 54.6 Å². The molecule has 2 atom stereocenters. The Hall–Kier alpha value is -5.68. The predicted molar refractivity (Wildman–Crippen MR) is 142 cm³/mol. The van der Waals surface area contributed by atoms with Crippen LogP contribution >= 0.6 is 0 Å². The lowest BCUT2D eigenvalue weighted by molar-refractivity contribution is -0.144. The van der Waals surface area contributed by atoms with Crippen molar-refractivity contribution in [1.82, 2.24) is 0 Å². The number of carboxylic acids is 1. The number of nitrogens with zero attached hydrogens (tertiary/aromatic N) is 2. The number of hydrogen-bond donors (Lipinski definition) is 1. The lowest BCUT2D eigenvalue weighted by atomic mass is 9.76. The van der Waals surface area contributed by atoms with Crippen LogP contribution in [0.4, 0.5) is 0 Å². The molecule has 0 saturated carbocycles. The molecule has 5 rings (SSSR count). The number of nitriles is 2. The predicted octanol–water partition coefficient (Wildman–Crippen LogP) is 4.29. The topological polar surface area (TPSA) is 173 Å². The van der Waals surface area contributed by atoms with E-state index in [0.717, 1.165) is 0 Å². The fourth-order valence-corrected chi connectivity index (χ4v) is 5.22. The SMILES string of the molecule is CCOC(=O)C(C#N)c1ccc2c(c1)Oc1cc(C(C#N)C(=O)OCC)ccc1C21OC(=O)c2ccc(C(=O)O)cc21. The van der Waals surface area contributed by atoms with E-state index in [9.17, 15) is 34.8 Å². The highest BCUT2D eigenvalue weighted by molar-refractivity contribution is 5.99. The number of carboxylic acid groups (broad SMARTS) is 1. The van der Waals surface area contributed by atoms with Crippen LogP contribution in [0.25, 0.3) is 0 Å². The van der Waals surface area contributed by atoms with E-state index in [1.54, 1.807) is 13.8 Å². The summed E-state index contributed by atoms with van der Waals surface area (Å²) in [6.07, 6.45) is 0. The Morgan fingerprint density at radius 3 is 1.81 bits per heavy atom. The van der Waals surface area contributed by atoms with Gasteiger partial charge in [0.25, 0.3) is 0 Å². The standard InChI is InChI=1S/C31H22N2O9/c1-3-39-28(36)20(14-32)16-6-9-22-25(12-16)41-26-13-17(21(15-33)29(37)40-4-2)7-10-23(26)31(22)24-11-18(27(34)35)5-8-19(24)30(38)42-31/h5-13,20-21H,3-4H2,1-2H3,(H,34,35). The largest absolute Gasteiger partial charge is 0.478 e. The average molecular weight is 567 g/mol. The molecule has 0 aromatic heterocycles. The zero-order chi connectivity index (χ0) is 30.2. The number of rotatable bonds is 7. The number of ether oxygens (including phenoxy) is 4. The molecule has 1 N–H and O–H groups in total. The highest BCUT2D eigenvalue weighted by Gasteiger charge is 2.54. The lowest BCUT2D eigenvalue weighted by Gasteiger charge is -2.37. The van der Waals surface area contributed by atoms with Crippen LogP contribution in [0.2, 0.25) is 0 Å². The number of carbonyl (C=O) groups is 4. The summed E-state index contributed by atoms with van der Waals surface area (Å²) >= 11 is 0. The van der Waals surface area contributed by atoms with Crippen molar-refractivity contribution in [1.29, 1.82) is 10.5 Å². The van der Waals surface area contributed by atoms with Gasteiger partial charge in [0.15, 0.2) is 17.4 Å². The van der Waals surface area contributed by atoms with Crippen molar-refractivity contribution < 1.29 is 43.2 Å². The Bertz CT molecular complexity index is 1660. The third-order valence-corrected chi connectivity index (χ3v) is 7.07. The van der Waals surface area contributed by atoms with Crippen LogP contribution < -0.4 is 4.74 Å². The Balaban J connectivity index is 1.76. The Morgan fingerprint density at radius 2 is 1.36 bits per heavy atom. The van der Waals surface area contributed by atoms with Crippen LogP contribution in [-0.4, -0.2) is 42.2 Å². The summed E-state index contributed by atoms with van der Waals surface area (Å²) in [7, 11) is 0. The Morgan fingerprint density at radius 1 is 0.833 bits per heavy atom. The van der Waals surface area contributed by atoms with Gasteiger partial charge in [-0.3, -0.25) is 9.59 Å². The summed E-state index contributed by atoms with van der Waals surface area (Å²) in [6, 6.07) is 16.8. The molecule has 11 nitrogen and oxygen atoms in total. The van der Waals surface area contributed by atoms with Gasteiger partial charge in [0, 0.05) is 16.7 Å². The maximum atomic E-state index is 13.2. The van der Waals surface area contributed by atoms with Gasteiger partial charge in [-0.05, 0) is 55.3 Å². The maximum Gasteiger partial charge on any atom is 0.340 e. The van der Waals surface area contributed by atoms with Crippen molar-refractivity contribution in [2.75, 3.05) is 13.2 Å². The van der Waals surface area contributed by atoms with E-state index in [-0.39, 0.29) is 52.5 Å². The van der Waals surface area contributed by atoms with Gasteiger partial charge in [-0.2, -0.15) is 10.5 Å². The summed E-state index contributed by atoms with van der Waals surface area (Å²) in [5, 5.41) is 29.1. The zero-order valence-electron chi connectivity index (χ0n) is 22.4. The molecule has 2 aliphatic heterocycles. The molecule has 11 heteroatoms. The molecule has 0 saturated heterocycles. The first-order chi connectivity index (χ1) is 20.2. The molecule has 0 fully saturated rings. The summed E-state index contributed by atoms with van der Waals surface area (Å²) in [4.78, 5) is 50.0. The van der Waals surface area contributed by atoms with Gasteiger partial charge in [0.05, 0.1) is 36.5 Å². The van der Waals surface area contributed by atoms with Crippen molar-refractivity contribution in [2.45, 2.75) is 31.3 Å². The van der Waals surface area contributed by atoms with Crippen LogP contribution in [0, 0.1) is 22.7 Å². The van der Waals surface area contributed by atoms with Gasteiger partial charge in [-0.25, -0.2) is 9.59 Å². The second-order valence-corrected chi connectivity index (χ2v) is 9.38. The van der Waals surface area contributed by atoms with E-state index in [1.165, 1.54) is 54.6 Å². The van der Waals surface area contributed by atoms with Crippen molar-refractivity contribution >= 4 is 23.9 Å². The van der Waals surface area contributed by atoms with Crippen molar-refractivity contribution in [3.8, 4) is 23.6 Å². The second-order valence-electron chi connectivity index (χ2n) is 9.38. The molecular formula is C31H22N2O9. The smallest absolute Gasteiger partial charge is 0.340 e. The molecule has 3 aromatic carbocycles. The van der Waals surface area contributed by atoms with E-state index in [4.69, 9.17) is 18.9 Å². The number of carbonyl (C=O) groups excluding carboxylic acids is 3. The minimum Gasteiger partial charge on any atom is -0.478 e. The van der Waals surface area contributed by atoms with Crippen molar-refractivity contribution in [3.05, 3.63) is 93.5 Å². The monoisotopic (exact) mass is 566 g/mol. The molecule has 2 heterocycles. The van der Waals surface area contributed by atoms with Crippen LogP contribution in [0.5, 0.6) is 11.5 Å². The Kier molecular flexibility index (Phi) is 7.11. The molecule has 2 unspecified atom stereocenters. The third kappa shape index (κ3) is 4.28. The maximum absolute atomic E-state index is 13.2. The molecule has 0 radical (unpaired) electrons. The van der Waals surface area contributed by atoms with Crippen LogP contribution in [0.3, 0.4) is 0 Å². The van der Waals surface area contributed by atoms with E-state index in [0.29, 0.717) is 11.1 Å². The van der Waals surface area contributed by atoms with E-state index >= 15 is 0 Å². The number of fused-ring (bicyclic) bond motifs is 6. The van der Waals surface area contributed by atoms with Gasteiger partial charge < -0.3 is 24.1 Å². The number of benzene rings is 3. The second kappa shape index (κ2) is 10.7. The first kappa shape index (κ1) is 27.9. The Labute approximate surface area is 239 Å². The van der Waals surface area contributed by atoms with Gasteiger partial charge in [0.1, 0.15) is 11.5 Å². The number of esters is 3. The molecule has 3 aromatic rings. The molecule has 1 spiro atoms. The zero-order valence-corrected chi connectivity index (χ0v) is 22.4. The highest BCUT2D eigenvalue weighted by atomic mass is 16.6. The summed E-state index contributed by atoms with van der Waals surface area (Å²) in [5.41, 5.74) is -0.293. The fraction of sp³-hybridized carbons (Fsp3) is 0.226.